The molecule has 0 radical (unpaired) electrons. The summed E-state index contributed by atoms with van der Waals surface area (Å²) in [5.74, 6) is 0.224. The number of benzene rings is 1. The maximum Gasteiger partial charge on any atom is 0.253 e. The third-order valence-electron chi connectivity index (χ3n) is 6.61. The number of hydrogen-bond donors (Lipinski definition) is 0. The molecule has 1 aromatic carbocycles. The third kappa shape index (κ3) is 3.88. The van der Waals surface area contributed by atoms with E-state index in [9.17, 15) is 9.59 Å². The van der Waals surface area contributed by atoms with Gasteiger partial charge in [0.25, 0.3) is 5.91 Å². The zero-order valence-electron chi connectivity index (χ0n) is 18.8. The SMILES string of the molecule is Cc1ccn2c(CN3CCN(C(=O)c4ccc(N5CCCC5=O)cc4)CC3)c(C)nc2c1. The van der Waals surface area contributed by atoms with Crippen molar-refractivity contribution in [3.63, 3.8) is 0 Å². The lowest BCUT2D eigenvalue weighted by molar-refractivity contribution is -0.117. The summed E-state index contributed by atoms with van der Waals surface area (Å²) in [5.41, 5.74) is 6.04. The minimum atomic E-state index is 0.0606. The van der Waals surface area contributed by atoms with Crippen LogP contribution in [0.4, 0.5) is 5.69 Å². The van der Waals surface area contributed by atoms with Gasteiger partial charge in [0.05, 0.1) is 11.4 Å². The summed E-state index contributed by atoms with van der Waals surface area (Å²) in [6.07, 6.45) is 3.61. The summed E-state index contributed by atoms with van der Waals surface area (Å²) < 4.78 is 2.17. The molecule has 4 heterocycles. The molecular formula is C25H29N5O2. The molecule has 2 aromatic heterocycles. The second-order valence-corrected chi connectivity index (χ2v) is 8.84. The Kier molecular flexibility index (Phi) is 5.43. The third-order valence-corrected chi connectivity index (χ3v) is 6.61. The molecular weight excluding hydrogens is 402 g/mol. The van der Waals surface area contributed by atoms with Crippen LogP contribution in [-0.4, -0.2) is 63.7 Å². The predicted octanol–water partition coefficient (Wildman–Crippen LogP) is 3.04. The minimum Gasteiger partial charge on any atom is -0.336 e. The first-order valence-electron chi connectivity index (χ1n) is 11.4. The summed E-state index contributed by atoms with van der Waals surface area (Å²) in [6, 6.07) is 11.7. The van der Waals surface area contributed by atoms with Gasteiger partial charge in [0.2, 0.25) is 5.91 Å². The van der Waals surface area contributed by atoms with Gasteiger partial charge in [0, 0.05) is 63.1 Å². The lowest BCUT2D eigenvalue weighted by Gasteiger charge is -2.34. The molecule has 0 spiro atoms. The van der Waals surface area contributed by atoms with E-state index in [2.05, 4.69) is 41.5 Å². The smallest absolute Gasteiger partial charge is 0.253 e. The van der Waals surface area contributed by atoms with Gasteiger partial charge in [0.15, 0.2) is 0 Å². The molecule has 0 saturated carbocycles. The van der Waals surface area contributed by atoms with Gasteiger partial charge in [-0.3, -0.25) is 14.5 Å². The number of fused-ring (bicyclic) bond motifs is 1. The zero-order chi connectivity index (χ0) is 22.2. The van der Waals surface area contributed by atoms with Crippen molar-refractivity contribution in [3.05, 3.63) is 65.1 Å². The second-order valence-electron chi connectivity index (χ2n) is 8.84. The summed E-state index contributed by atoms with van der Waals surface area (Å²) in [6.45, 7) is 8.84. The van der Waals surface area contributed by atoms with Crippen molar-refractivity contribution in [3.8, 4) is 0 Å². The monoisotopic (exact) mass is 431 g/mol. The number of imidazole rings is 1. The van der Waals surface area contributed by atoms with E-state index < -0.39 is 0 Å². The fourth-order valence-corrected chi connectivity index (χ4v) is 4.71. The lowest BCUT2D eigenvalue weighted by Crippen LogP contribution is -2.48. The number of piperazine rings is 1. The van der Waals surface area contributed by atoms with Crippen LogP contribution in [0.3, 0.4) is 0 Å². The number of rotatable bonds is 4. The van der Waals surface area contributed by atoms with Crippen molar-refractivity contribution >= 4 is 23.1 Å². The largest absolute Gasteiger partial charge is 0.336 e. The van der Waals surface area contributed by atoms with E-state index in [1.165, 1.54) is 11.3 Å². The highest BCUT2D eigenvalue weighted by atomic mass is 16.2. The van der Waals surface area contributed by atoms with Crippen LogP contribution in [0.2, 0.25) is 0 Å². The molecule has 0 aliphatic carbocycles. The molecule has 7 heteroatoms. The maximum atomic E-state index is 13.0. The zero-order valence-corrected chi connectivity index (χ0v) is 18.8. The Bertz CT molecular complexity index is 1160. The van der Waals surface area contributed by atoms with Crippen LogP contribution in [0.15, 0.2) is 42.6 Å². The first kappa shape index (κ1) is 20.7. The van der Waals surface area contributed by atoms with Crippen LogP contribution in [0.25, 0.3) is 5.65 Å². The number of carbonyl (C=O) groups is 2. The molecule has 7 nitrogen and oxygen atoms in total. The van der Waals surface area contributed by atoms with Crippen molar-refractivity contribution in [2.75, 3.05) is 37.6 Å². The number of anilines is 1. The van der Waals surface area contributed by atoms with Crippen molar-refractivity contribution in [2.45, 2.75) is 33.2 Å². The van der Waals surface area contributed by atoms with Crippen LogP contribution in [-0.2, 0) is 11.3 Å². The van der Waals surface area contributed by atoms with Gasteiger partial charge >= 0.3 is 0 Å². The highest BCUT2D eigenvalue weighted by Crippen LogP contribution is 2.22. The standard InChI is InChI=1S/C25H29N5O2/c1-18-9-11-30-22(19(2)26-23(30)16-18)17-27-12-14-28(15-13-27)25(32)20-5-7-21(8-6-20)29-10-3-4-24(29)31/h5-9,11,16H,3-4,10,12-15,17H2,1-2H3. The molecule has 2 aliphatic rings. The van der Waals surface area contributed by atoms with Crippen molar-refractivity contribution in [2.24, 2.45) is 0 Å². The van der Waals surface area contributed by atoms with Crippen LogP contribution in [0, 0.1) is 13.8 Å². The van der Waals surface area contributed by atoms with E-state index in [4.69, 9.17) is 4.98 Å². The number of amides is 2. The van der Waals surface area contributed by atoms with Gasteiger partial charge in [-0.2, -0.15) is 0 Å². The molecule has 2 amide bonds. The number of aromatic nitrogens is 2. The van der Waals surface area contributed by atoms with Gasteiger partial charge in [0.1, 0.15) is 5.65 Å². The maximum absolute atomic E-state index is 13.0. The van der Waals surface area contributed by atoms with Crippen LogP contribution in [0.5, 0.6) is 0 Å². The van der Waals surface area contributed by atoms with Crippen LogP contribution in [0.1, 0.15) is 40.2 Å². The fourth-order valence-electron chi connectivity index (χ4n) is 4.71. The molecule has 0 bridgehead atoms. The second kappa shape index (κ2) is 8.39. The average Bonchev–Trinajstić information content (AvgIpc) is 3.36. The number of aryl methyl sites for hydroxylation is 2. The van der Waals surface area contributed by atoms with Gasteiger partial charge < -0.3 is 14.2 Å². The Hall–Kier alpha value is -3.19. The molecule has 2 saturated heterocycles. The number of hydrogen-bond acceptors (Lipinski definition) is 4. The Labute approximate surface area is 188 Å². The molecule has 2 fully saturated rings. The highest BCUT2D eigenvalue weighted by molar-refractivity contribution is 5.97. The van der Waals surface area contributed by atoms with Crippen molar-refractivity contribution < 1.29 is 9.59 Å². The summed E-state index contributed by atoms with van der Waals surface area (Å²) >= 11 is 0. The quantitative estimate of drug-likeness (QED) is 0.637. The first-order chi connectivity index (χ1) is 15.5. The Morgan fingerprint density at radius 1 is 1.00 bits per heavy atom. The van der Waals surface area contributed by atoms with Gasteiger partial charge in [-0.25, -0.2) is 4.98 Å². The Morgan fingerprint density at radius 3 is 2.44 bits per heavy atom. The van der Waals surface area contributed by atoms with Crippen molar-refractivity contribution in [1.82, 2.24) is 19.2 Å². The van der Waals surface area contributed by atoms with Gasteiger partial charge in [-0.05, 0) is 62.2 Å². The average molecular weight is 432 g/mol. The lowest BCUT2D eigenvalue weighted by atomic mass is 10.1. The fraction of sp³-hybridized carbons (Fsp3) is 0.400. The van der Waals surface area contributed by atoms with Crippen LogP contribution < -0.4 is 4.90 Å². The van der Waals surface area contributed by atoms with E-state index >= 15 is 0 Å². The normalized spacial score (nSPS) is 17.5. The van der Waals surface area contributed by atoms with Gasteiger partial charge in [-0.1, -0.05) is 0 Å². The molecule has 0 atom stereocenters. The first-order valence-corrected chi connectivity index (χ1v) is 11.4. The molecule has 0 N–H and O–H groups in total. The number of carbonyl (C=O) groups excluding carboxylic acids is 2. The number of nitrogens with zero attached hydrogens (tertiary/aromatic N) is 5. The molecule has 32 heavy (non-hydrogen) atoms. The van der Waals surface area contributed by atoms with Gasteiger partial charge in [-0.15, -0.1) is 0 Å². The number of pyridine rings is 1. The predicted molar refractivity (Wildman–Crippen MR) is 124 cm³/mol. The van der Waals surface area contributed by atoms with E-state index in [0.717, 1.165) is 49.6 Å². The minimum absolute atomic E-state index is 0.0606. The topological polar surface area (TPSA) is 61.2 Å². The molecule has 2 aliphatic heterocycles. The van der Waals surface area contributed by atoms with E-state index in [0.29, 0.717) is 25.1 Å². The van der Waals surface area contributed by atoms with E-state index in [1.807, 2.05) is 29.2 Å². The van der Waals surface area contributed by atoms with E-state index in [-0.39, 0.29) is 11.8 Å². The molecule has 3 aromatic rings. The Morgan fingerprint density at radius 2 is 1.75 bits per heavy atom. The van der Waals surface area contributed by atoms with Crippen LogP contribution >= 0.6 is 0 Å². The van der Waals surface area contributed by atoms with Crippen molar-refractivity contribution in [1.29, 1.82) is 0 Å². The molecule has 5 rings (SSSR count). The molecule has 0 unspecified atom stereocenters. The summed E-state index contributed by atoms with van der Waals surface area (Å²) in [5, 5.41) is 0. The summed E-state index contributed by atoms with van der Waals surface area (Å²) in [7, 11) is 0. The highest BCUT2D eigenvalue weighted by Gasteiger charge is 2.25. The van der Waals surface area contributed by atoms with E-state index in [1.54, 1.807) is 4.90 Å². The molecule has 166 valence electrons. The summed E-state index contributed by atoms with van der Waals surface area (Å²) in [4.78, 5) is 35.8. The Balaban J connectivity index is 1.21.